The Kier molecular flexibility index (Phi) is 5.99. The first-order valence-electron chi connectivity index (χ1n) is 7.60. The molecule has 2 rings (SSSR count). The van der Waals surface area contributed by atoms with E-state index in [0.29, 0.717) is 19.4 Å². The first-order valence-corrected chi connectivity index (χ1v) is 7.60. The van der Waals surface area contributed by atoms with Crippen LogP contribution in [0.15, 0.2) is 24.3 Å². The number of carbonyl (C=O) groups excluding carboxylic acids is 1. The molecule has 0 aliphatic carbocycles. The molecule has 1 aliphatic rings. The van der Waals surface area contributed by atoms with Crippen molar-refractivity contribution in [1.29, 1.82) is 0 Å². The van der Waals surface area contributed by atoms with Gasteiger partial charge in [0, 0.05) is 12.5 Å². The number of hydrogen-bond donors (Lipinski definition) is 2. The fourth-order valence-electron chi connectivity index (χ4n) is 2.44. The first-order chi connectivity index (χ1) is 10.2. The lowest BCUT2D eigenvalue weighted by atomic mass is 10.1. The van der Waals surface area contributed by atoms with Gasteiger partial charge in [-0.2, -0.15) is 0 Å². The third-order valence-electron chi connectivity index (χ3n) is 3.71. The summed E-state index contributed by atoms with van der Waals surface area (Å²) < 4.78 is 19.1. The minimum Gasteiger partial charge on any atom is -0.486 e. The van der Waals surface area contributed by atoms with Gasteiger partial charge in [0.1, 0.15) is 6.10 Å². The van der Waals surface area contributed by atoms with Crippen LogP contribution in [0.1, 0.15) is 32.6 Å². The molecule has 1 aromatic rings. The van der Waals surface area contributed by atoms with Crippen molar-refractivity contribution in [3.8, 4) is 5.75 Å². The number of amides is 1. The fraction of sp³-hybridized carbons (Fsp3) is 0.562. The average molecular weight is 294 g/mol. The van der Waals surface area contributed by atoms with E-state index in [2.05, 4.69) is 10.6 Å². The van der Waals surface area contributed by atoms with Gasteiger partial charge in [-0.05, 0) is 37.9 Å². The number of benzene rings is 1. The van der Waals surface area contributed by atoms with Crippen molar-refractivity contribution in [3.05, 3.63) is 30.1 Å². The molecule has 0 radical (unpaired) electrons. The van der Waals surface area contributed by atoms with Crippen LogP contribution in [-0.4, -0.2) is 31.1 Å². The number of carbonyl (C=O) groups is 1. The zero-order valence-electron chi connectivity index (χ0n) is 12.4. The zero-order valence-corrected chi connectivity index (χ0v) is 12.4. The number of halogens is 1. The van der Waals surface area contributed by atoms with Crippen molar-refractivity contribution in [1.82, 2.24) is 10.6 Å². The summed E-state index contributed by atoms with van der Waals surface area (Å²) in [4.78, 5) is 11.9. The molecule has 1 heterocycles. The van der Waals surface area contributed by atoms with Gasteiger partial charge in [0.2, 0.25) is 5.91 Å². The number of para-hydroxylation sites is 1. The smallest absolute Gasteiger partial charge is 0.221 e. The minimum absolute atomic E-state index is 0.0185. The molecule has 4 nitrogen and oxygen atoms in total. The summed E-state index contributed by atoms with van der Waals surface area (Å²) in [6.07, 6.45) is 3.16. The molecular weight excluding hydrogens is 271 g/mol. The summed E-state index contributed by atoms with van der Waals surface area (Å²) in [7, 11) is 0. The molecule has 0 saturated carbocycles. The van der Waals surface area contributed by atoms with E-state index in [-0.39, 0.29) is 29.6 Å². The Labute approximate surface area is 125 Å². The molecule has 2 N–H and O–H groups in total. The van der Waals surface area contributed by atoms with Crippen LogP contribution in [0.2, 0.25) is 0 Å². The van der Waals surface area contributed by atoms with Crippen LogP contribution in [0.25, 0.3) is 0 Å². The maximum atomic E-state index is 13.5. The van der Waals surface area contributed by atoms with Crippen molar-refractivity contribution >= 4 is 5.91 Å². The van der Waals surface area contributed by atoms with Crippen molar-refractivity contribution in [3.63, 3.8) is 0 Å². The third kappa shape index (κ3) is 5.01. The van der Waals surface area contributed by atoms with Gasteiger partial charge in [0.25, 0.3) is 0 Å². The van der Waals surface area contributed by atoms with E-state index in [9.17, 15) is 9.18 Å². The molecular formula is C16H23FN2O2. The van der Waals surface area contributed by atoms with Crippen LogP contribution in [0.3, 0.4) is 0 Å². The standard InChI is InChI=1S/C16H23FN2O2/c1-2-13(21-15-8-4-3-7-14(15)17)11-19-16(20)10-12-6-5-9-18-12/h3-4,7-8,12-13,18H,2,5-6,9-11H2,1H3,(H,19,20). The Balaban J connectivity index is 1.76. The van der Waals surface area contributed by atoms with E-state index in [4.69, 9.17) is 4.74 Å². The van der Waals surface area contributed by atoms with Crippen LogP contribution >= 0.6 is 0 Å². The molecule has 1 amide bonds. The molecule has 1 fully saturated rings. The van der Waals surface area contributed by atoms with Crippen LogP contribution < -0.4 is 15.4 Å². The Hall–Kier alpha value is -1.62. The van der Waals surface area contributed by atoms with Crippen molar-refractivity contribution in [2.24, 2.45) is 0 Å². The van der Waals surface area contributed by atoms with E-state index in [1.165, 1.54) is 6.07 Å². The maximum absolute atomic E-state index is 13.5. The van der Waals surface area contributed by atoms with Gasteiger partial charge < -0.3 is 15.4 Å². The highest BCUT2D eigenvalue weighted by Gasteiger charge is 2.18. The van der Waals surface area contributed by atoms with E-state index in [1.807, 2.05) is 6.92 Å². The number of hydrogen-bond acceptors (Lipinski definition) is 3. The second kappa shape index (κ2) is 7.98. The Morgan fingerprint density at radius 3 is 3.00 bits per heavy atom. The highest BCUT2D eigenvalue weighted by Crippen LogP contribution is 2.17. The summed E-state index contributed by atoms with van der Waals surface area (Å²) >= 11 is 0. The molecule has 0 spiro atoms. The van der Waals surface area contributed by atoms with Gasteiger partial charge in [0.15, 0.2) is 11.6 Å². The molecule has 0 aromatic heterocycles. The van der Waals surface area contributed by atoms with Gasteiger partial charge >= 0.3 is 0 Å². The Morgan fingerprint density at radius 1 is 1.52 bits per heavy atom. The zero-order chi connectivity index (χ0) is 15.1. The lowest BCUT2D eigenvalue weighted by Gasteiger charge is -2.19. The van der Waals surface area contributed by atoms with Crippen LogP contribution in [0, 0.1) is 5.82 Å². The van der Waals surface area contributed by atoms with Gasteiger partial charge in [-0.25, -0.2) is 4.39 Å². The normalized spacial score (nSPS) is 19.2. The van der Waals surface area contributed by atoms with Gasteiger partial charge in [0.05, 0.1) is 6.54 Å². The number of ether oxygens (including phenoxy) is 1. The Morgan fingerprint density at radius 2 is 2.33 bits per heavy atom. The van der Waals surface area contributed by atoms with Gasteiger partial charge in [-0.15, -0.1) is 0 Å². The fourth-order valence-corrected chi connectivity index (χ4v) is 2.44. The number of nitrogens with one attached hydrogen (secondary N) is 2. The number of rotatable bonds is 7. The minimum atomic E-state index is -0.377. The SMILES string of the molecule is CCC(CNC(=O)CC1CCCN1)Oc1ccccc1F. The van der Waals surface area contributed by atoms with E-state index in [0.717, 1.165) is 19.4 Å². The first kappa shape index (κ1) is 15.8. The summed E-state index contributed by atoms with van der Waals surface area (Å²) in [6, 6.07) is 6.61. The molecule has 21 heavy (non-hydrogen) atoms. The summed E-state index contributed by atoms with van der Waals surface area (Å²) in [6.45, 7) is 3.35. The van der Waals surface area contributed by atoms with Crippen LogP contribution in [-0.2, 0) is 4.79 Å². The quantitative estimate of drug-likeness (QED) is 0.811. The molecule has 2 atom stereocenters. The van der Waals surface area contributed by atoms with E-state index >= 15 is 0 Å². The van der Waals surface area contributed by atoms with E-state index in [1.54, 1.807) is 18.2 Å². The topological polar surface area (TPSA) is 50.4 Å². The summed E-state index contributed by atoms with van der Waals surface area (Å²) in [5, 5.41) is 6.17. The van der Waals surface area contributed by atoms with Crippen molar-refractivity contribution in [2.45, 2.75) is 44.8 Å². The molecule has 116 valence electrons. The molecule has 5 heteroatoms. The molecule has 2 unspecified atom stereocenters. The predicted octanol–water partition coefficient (Wildman–Crippen LogP) is 2.24. The lowest BCUT2D eigenvalue weighted by molar-refractivity contribution is -0.121. The van der Waals surface area contributed by atoms with Crippen molar-refractivity contribution < 1.29 is 13.9 Å². The lowest BCUT2D eigenvalue weighted by Crippen LogP contribution is -2.38. The third-order valence-corrected chi connectivity index (χ3v) is 3.71. The molecule has 1 aliphatic heterocycles. The summed E-state index contributed by atoms with van der Waals surface area (Å²) in [5.41, 5.74) is 0. The molecule has 0 bridgehead atoms. The van der Waals surface area contributed by atoms with Crippen LogP contribution in [0.4, 0.5) is 4.39 Å². The van der Waals surface area contributed by atoms with E-state index < -0.39 is 0 Å². The summed E-state index contributed by atoms with van der Waals surface area (Å²) in [5.74, 6) is -0.126. The molecule has 1 saturated heterocycles. The van der Waals surface area contributed by atoms with Crippen molar-refractivity contribution in [2.75, 3.05) is 13.1 Å². The highest BCUT2D eigenvalue weighted by molar-refractivity contribution is 5.76. The monoisotopic (exact) mass is 294 g/mol. The van der Waals surface area contributed by atoms with Gasteiger partial charge in [-0.3, -0.25) is 4.79 Å². The second-order valence-electron chi connectivity index (χ2n) is 5.38. The second-order valence-corrected chi connectivity index (χ2v) is 5.38. The Bertz CT molecular complexity index is 461. The highest BCUT2D eigenvalue weighted by atomic mass is 19.1. The predicted molar refractivity (Wildman–Crippen MR) is 79.8 cm³/mol. The average Bonchev–Trinajstić information content (AvgIpc) is 2.98. The maximum Gasteiger partial charge on any atom is 0.221 e. The molecule has 1 aromatic carbocycles. The van der Waals surface area contributed by atoms with Crippen LogP contribution in [0.5, 0.6) is 5.75 Å². The largest absolute Gasteiger partial charge is 0.486 e. The van der Waals surface area contributed by atoms with Gasteiger partial charge in [-0.1, -0.05) is 19.1 Å².